The molecule has 0 amide bonds. The van der Waals surface area contributed by atoms with Crippen molar-refractivity contribution in [2.75, 3.05) is 0 Å². The molecule has 0 bridgehead atoms. The number of ether oxygens (including phenoxy) is 3. The summed E-state index contributed by atoms with van der Waals surface area (Å²) < 4.78 is 37.6. The maximum Gasteiger partial charge on any atom is 0.525 e. The van der Waals surface area contributed by atoms with Crippen LogP contribution in [0.25, 0.3) is 0 Å². The van der Waals surface area contributed by atoms with Crippen molar-refractivity contribution in [1.29, 1.82) is 0 Å². The van der Waals surface area contributed by atoms with E-state index in [1.807, 2.05) is 0 Å². The van der Waals surface area contributed by atoms with Gasteiger partial charge in [-0.25, -0.2) is 14.0 Å². The Kier molecular flexibility index (Phi) is 1.96. The molecule has 0 unspecified atom stereocenters. The molecule has 0 saturated carbocycles. The first-order chi connectivity index (χ1) is 7.06. The van der Waals surface area contributed by atoms with Crippen molar-refractivity contribution in [3.63, 3.8) is 0 Å². The SMILES string of the molecule is O=C1OC(=O)Oc2nc(F)c(F)cc2O1. The van der Waals surface area contributed by atoms with E-state index >= 15 is 0 Å². The molecule has 0 saturated heterocycles. The first kappa shape index (κ1) is 9.31. The lowest BCUT2D eigenvalue weighted by Gasteiger charge is -2.01. The zero-order chi connectivity index (χ0) is 11.0. The van der Waals surface area contributed by atoms with Gasteiger partial charge in [-0.1, -0.05) is 0 Å². The number of fused-ring (bicyclic) bond motifs is 1. The lowest BCUT2D eigenvalue weighted by atomic mass is 10.4. The first-order valence-corrected chi connectivity index (χ1v) is 3.54. The van der Waals surface area contributed by atoms with Crippen molar-refractivity contribution in [1.82, 2.24) is 4.98 Å². The molecule has 1 aromatic rings. The summed E-state index contributed by atoms with van der Waals surface area (Å²) in [5, 5.41) is 0. The van der Waals surface area contributed by atoms with E-state index in [9.17, 15) is 18.4 Å². The van der Waals surface area contributed by atoms with Crippen molar-refractivity contribution >= 4 is 12.3 Å². The predicted molar refractivity (Wildman–Crippen MR) is 37.3 cm³/mol. The Morgan fingerprint density at radius 1 is 1.07 bits per heavy atom. The summed E-state index contributed by atoms with van der Waals surface area (Å²) in [4.78, 5) is 24.2. The van der Waals surface area contributed by atoms with Crippen LogP contribution in [0.15, 0.2) is 6.07 Å². The minimum Gasteiger partial charge on any atom is -0.389 e. The molecule has 1 aliphatic heterocycles. The van der Waals surface area contributed by atoms with Crippen LogP contribution in [-0.4, -0.2) is 17.3 Å². The highest BCUT2D eigenvalue weighted by atomic mass is 19.2. The van der Waals surface area contributed by atoms with E-state index in [0.717, 1.165) is 0 Å². The van der Waals surface area contributed by atoms with E-state index in [1.54, 1.807) is 0 Å². The number of carbonyl (C=O) groups is 2. The molecule has 8 heteroatoms. The van der Waals surface area contributed by atoms with Crippen LogP contribution in [0.3, 0.4) is 0 Å². The molecule has 0 fully saturated rings. The van der Waals surface area contributed by atoms with E-state index < -0.39 is 35.7 Å². The number of pyridine rings is 1. The van der Waals surface area contributed by atoms with E-state index in [-0.39, 0.29) is 0 Å². The van der Waals surface area contributed by atoms with Crippen LogP contribution in [0.2, 0.25) is 0 Å². The smallest absolute Gasteiger partial charge is 0.389 e. The highest BCUT2D eigenvalue weighted by molar-refractivity contribution is 5.81. The number of rotatable bonds is 0. The molecule has 0 radical (unpaired) electrons. The van der Waals surface area contributed by atoms with Gasteiger partial charge in [0.05, 0.1) is 0 Å². The Morgan fingerprint density at radius 3 is 2.47 bits per heavy atom. The fraction of sp³-hybridized carbons (Fsp3) is 0. The van der Waals surface area contributed by atoms with E-state index in [2.05, 4.69) is 19.2 Å². The molecular formula is C7HF2NO5. The van der Waals surface area contributed by atoms with Crippen molar-refractivity contribution < 1.29 is 32.6 Å². The molecule has 2 rings (SSSR count). The Bertz CT molecular complexity index is 420. The van der Waals surface area contributed by atoms with Crippen LogP contribution in [-0.2, 0) is 4.74 Å². The zero-order valence-corrected chi connectivity index (χ0v) is 6.82. The zero-order valence-electron chi connectivity index (χ0n) is 6.82. The second-order valence-corrected chi connectivity index (χ2v) is 2.37. The molecule has 2 heterocycles. The van der Waals surface area contributed by atoms with Crippen LogP contribution in [0, 0.1) is 11.8 Å². The van der Waals surface area contributed by atoms with Crippen LogP contribution in [0.1, 0.15) is 0 Å². The summed E-state index contributed by atoms with van der Waals surface area (Å²) in [5.74, 6) is -4.05. The fourth-order valence-corrected chi connectivity index (χ4v) is 0.859. The monoisotopic (exact) mass is 217 g/mol. The van der Waals surface area contributed by atoms with Crippen LogP contribution < -0.4 is 9.47 Å². The van der Waals surface area contributed by atoms with Gasteiger partial charge in [-0.2, -0.15) is 9.37 Å². The Labute approximate surface area is 80.4 Å². The van der Waals surface area contributed by atoms with Crippen LogP contribution in [0.5, 0.6) is 11.6 Å². The topological polar surface area (TPSA) is 74.7 Å². The lowest BCUT2D eigenvalue weighted by Crippen LogP contribution is -2.14. The molecule has 0 N–H and O–H groups in total. The normalized spacial score (nSPS) is 14.5. The fourth-order valence-electron chi connectivity index (χ4n) is 0.859. The number of cyclic esters (lactones) is 2. The van der Waals surface area contributed by atoms with Gasteiger partial charge < -0.3 is 14.2 Å². The van der Waals surface area contributed by atoms with Gasteiger partial charge in [-0.15, -0.1) is 0 Å². The van der Waals surface area contributed by atoms with E-state index in [1.165, 1.54) is 0 Å². The number of nitrogens with zero attached hydrogens (tertiary/aromatic N) is 1. The van der Waals surface area contributed by atoms with Gasteiger partial charge in [0.2, 0.25) is 0 Å². The number of hydrogen-bond donors (Lipinski definition) is 0. The molecule has 1 aromatic heterocycles. The van der Waals surface area contributed by atoms with Crippen LogP contribution >= 0.6 is 0 Å². The maximum absolute atomic E-state index is 12.7. The van der Waals surface area contributed by atoms with Crippen molar-refractivity contribution in [3.8, 4) is 11.6 Å². The standard InChI is InChI=1S/C7HF2NO5/c8-2-1-3-5(10-4(2)9)14-7(12)15-6(11)13-3/h1H. The van der Waals surface area contributed by atoms with E-state index in [0.29, 0.717) is 6.07 Å². The third-order valence-electron chi connectivity index (χ3n) is 1.41. The molecular weight excluding hydrogens is 216 g/mol. The summed E-state index contributed by atoms with van der Waals surface area (Å²) in [6.45, 7) is 0. The number of carbonyl (C=O) groups excluding carboxylic acids is 2. The molecule has 0 aromatic carbocycles. The van der Waals surface area contributed by atoms with Crippen molar-refractivity contribution in [2.45, 2.75) is 0 Å². The van der Waals surface area contributed by atoms with Crippen molar-refractivity contribution in [3.05, 3.63) is 17.8 Å². The van der Waals surface area contributed by atoms with Crippen molar-refractivity contribution in [2.24, 2.45) is 0 Å². The summed E-state index contributed by atoms with van der Waals surface area (Å²) in [6, 6.07) is 0.511. The second kappa shape index (κ2) is 3.15. The van der Waals surface area contributed by atoms with Gasteiger partial charge in [0.25, 0.3) is 11.8 Å². The molecule has 15 heavy (non-hydrogen) atoms. The molecule has 78 valence electrons. The third kappa shape index (κ3) is 1.68. The Hall–Kier alpha value is -2.25. The summed E-state index contributed by atoms with van der Waals surface area (Å²) in [5.41, 5.74) is 0. The van der Waals surface area contributed by atoms with Gasteiger partial charge in [0.1, 0.15) is 0 Å². The Morgan fingerprint density at radius 2 is 1.73 bits per heavy atom. The molecule has 0 atom stereocenters. The maximum atomic E-state index is 12.7. The minimum absolute atomic E-state index is 0.511. The van der Waals surface area contributed by atoms with Gasteiger partial charge in [-0.3, -0.25) is 0 Å². The highest BCUT2D eigenvalue weighted by Crippen LogP contribution is 2.29. The van der Waals surface area contributed by atoms with Gasteiger partial charge in [0.15, 0.2) is 11.6 Å². The minimum atomic E-state index is -1.49. The Balaban J connectivity index is 2.51. The van der Waals surface area contributed by atoms with Gasteiger partial charge in [0, 0.05) is 6.07 Å². The van der Waals surface area contributed by atoms with E-state index in [4.69, 9.17) is 0 Å². The van der Waals surface area contributed by atoms with Gasteiger partial charge >= 0.3 is 12.3 Å². The number of hydrogen-bond acceptors (Lipinski definition) is 6. The summed E-state index contributed by atoms with van der Waals surface area (Å²) >= 11 is 0. The first-order valence-electron chi connectivity index (χ1n) is 3.54. The number of halogens is 2. The average Bonchev–Trinajstić information content (AvgIpc) is 2.24. The quantitative estimate of drug-likeness (QED) is 0.371. The second-order valence-electron chi connectivity index (χ2n) is 2.37. The molecule has 6 nitrogen and oxygen atoms in total. The average molecular weight is 217 g/mol. The molecule has 0 aliphatic carbocycles. The largest absolute Gasteiger partial charge is 0.525 e. The van der Waals surface area contributed by atoms with Crippen LogP contribution in [0.4, 0.5) is 18.4 Å². The third-order valence-corrected chi connectivity index (χ3v) is 1.41. The predicted octanol–water partition coefficient (Wildman–Crippen LogP) is 1.39. The molecule has 0 spiro atoms. The number of aromatic nitrogens is 1. The summed E-state index contributed by atoms with van der Waals surface area (Å²) in [6.07, 6.45) is -2.84. The molecule has 1 aliphatic rings. The summed E-state index contributed by atoms with van der Waals surface area (Å²) in [7, 11) is 0. The highest BCUT2D eigenvalue weighted by Gasteiger charge is 2.27. The van der Waals surface area contributed by atoms with Gasteiger partial charge in [-0.05, 0) is 0 Å². The lowest BCUT2D eigenvalue weighted by molar-refractivity contribution is 0.0993.